The summed E-state index contributed by atoms with van der Waals surface area (Å²) >= 11 is 6.39. The molecule has 0 saturated carbocycles. The molecule has 0 aliphatic rings. The lowest BCUT2D eigenvalue weighted by atomic mass is 10.1. The van der Waals surface area contributed by atoms with Crippen molar-refractivity contribution < 1.29 is 22.7 Å². The molecular weight excluding hydrogens is 465 g/mol. The number of nitrogens with zero attached hydrogens (tertiary/aromatic N) is 1. The highest BCUT2D eigenvalue weighted by Crippen LogP contribution is 2.33. The van der Waals surface area contributed by atoms with Crippen molar-refractivity contribution >= 4 is 28.5 Å². The molecule has 2 rings (SSSR count). The zero-order valence-corrected chi connectivity index (χ0v) is 20.8. The van der Waals surface area contributed by atoms with Crippen LogP contribution in [0.4, 0.5) is 18.0 Å². The van der Waals surface area contributed by atoms with Crippen LogP contribution in [0.1, 0.15) is 51.8 Å². The highest BCUT2D eigenvalue weighted by molar-refractivity contribution is 6.30. The minimum absolute atomic E-state index is 0.175. The third-order valence-electron chi connectivity index (χ3n) is 5.61. The normalized spacial score (nSPS) is 13.8. The first-order valence-corrected chi connectivity index (χ1v) is 11.8. The van der Waals surface area contributed by atoms with E-state index < -0.39 is 12.4 Å². The summed E-state index contributed by atoms with van der Waals surface area (Å²) in [5.74, 6) is -0.193. The average Bonchev–Trinajstić information content (AvgIpc) is 3.08. The Morgan fingerprint density at radius 3 is 2.56 bits per heavy atom. The van der Waals surface area contributed by atoms with Crippen LogP contribution >= 0.6 is 11.6 Å². The Bertz CT molecular complexity index is 1080. The van der Waals surface area contributed by atoms with Gasteiger partial charge in [0.1, 0.15) is 5.75 Å². The SMILES string of the molecule is C=C/C=C(\C=C(\Cl)C(C)CC)CNC(=O)n1c(CCC)c(CC)c2ccc(OC(F)(F)F)cc21. The van der Waals surface area contributed by atoms with Gasteiger partial charge in [0, 0.05) is 28.7 Å². The summed E-state index contributed by atoms with van der Waals surface area (Å²) in [6.45, 7) is 11.9. The number of amides is 1. The maximum absolute atomic E-state index is 13.3. The molecule has 0 aliphatic carbocycles. The first-order chi connectivity index (χ1) is 16.1. The van der Waals surface area contributed by atoms with Gasteiger partial charge in [-0.25, -0.2) is 4.79 Å². The molecule has 4 nitrogen and oxygen atoms in total. The van der Waals surface area contributed by atoms with Gasteiger partial charge in [0.2, 0.25) is 0 Å². The van der Waals surface area contributed by atoms with Crippen LogP contribution in [0.5, 0.6) is 5.75 Å². The van der Waals surface area contributed by atoms with Gasteiger partial charge < -0.3 is 10.1 Å². The van der Waals surface area contributed by atoms with Crippen molar-refractivity contribution in [1.82, 2.24) is 9.88 Å². The summed E-state index contributed by atoms with van der Waals surface area (Å²) in [6.07, 6.45) is 3.26. The number of aryl methyl sites for hydroxylation is 1. The molecule has 0 saturated heterocycles. The van der Waals surface area contributed by atoms with E-state index >= 15 is 0 Å². The van der Waals surface area contributed by atoms with E-state index in [0.29, 0.717) is 23.4 Å². The smallest absolute Gasteiger partial charge is 0.406 e. The number of fused-ring (bicyclic) bond motifs is 1. The van der Waals surface area contributed by atoms with Crippen molar-refractivity contribution in [3.8, 4) is 5.75 Å². The Balaban J connectivity index is 2.49. The van der Waals surface area contributed by atoms with Crippen molar-refractivity contribution in [3.05, 3.63) is 64.9 Å². The number of allylic oxidation sites excluding steroid dienone is 3. The van der Waals surface area contributed by atoms with Gasteiger partial charge in [-0.05, 0) is 54.5 Å². The third-order valence-corrected chi connectivity index (χ3v) is 6.09. The number of benzene rings is 1. The second-order valence-corrected chi connectivity index (χ2v) is 8.50. The fourth-order valence-electron chi connectivity index (χ4n) is 3.79. The first kappa shape index (κ1) is 27.6. The number of aromatic nitrogens is 1. The number of carbonyl (C=O) groups is 1. The van der Waals surface area contributed by atoms with Crippen molar-refractivity contribution in [3.63, 3.8) is 0 Å². The number of alkyl halides is 3. The summed E-state index contributed by atoms with van der Waals surface area (Å²) in [5.41, 5.74) is 2.86. The van der Waals surface area contributed by atoms with Crippen molar-refractivity contribution in [2.75, 3.05) is 6.54 Å². The molecule has 0 bridgehead atoms. The summed E-state index contributed by atoms with van der Waals surface area (Å²) in [6, 6.07) is 3.69. The van der Waals surface area contributed by atoms with Gasteiger partial charge in [-0.2, -0.15) is 0 Å². The van der Waals surface area contributed by atoms with Gasteiger partial charge in [0.05, 0.1) is 5.52 Å². The van der Waals surface area contributed by atoms with E-state index in [1.54, 1.807) is 18.2 Å². The minimum Gasteiger partial charge on any atom is -0.406 e. The van der Waals surface area contributed by atoms with E-state index in [1.807, 2.05) is 33.8 Å². The summed E-state index contributed by atoms with van der Waals surface area (Å²) in [4.78, 5) is 13.3. The number of halogens is 4. The summed E-state index contributed by atoms with van der Waals surface area (Å²) in [5, 5.41) is 4.29. The zero-order valence-electron chi connectivity index (χ0n) is 20.1. The number of hydrogen-bond acceptors (Lipinski definition) is 2. The molecule has 8 heteroatoms. The zero-order chi connectivity index (χ0) is 25.5. The van der Waals surface area contributed by atoms with Crippen molar-refractivity contribution in [2.45, 2.75) is 59.7 Å². The highest BCUT2D eigenvalue weighted by atomic mass is 35.5. The van der Waals surface area contributed by atoms with Crippen molar-refractivity contribution in [2.24, 2.45) is 5.92 Å². The Labute approximate surface area is 204 Å². The van der Waals surface area contributed by atoms with Gasteiger partial charge in [-0.1, -0.05) is 64.4 Å². The lowest BCUT2D eigenvalue weighted by Gasteiger charge is -2.14. The van der Waals surface area contributed by atoms with Crippen molar-refractivity contribution in [1.29, 1.82) is 0 Å². The summed E-state index contributed by atoms with van der Waals surface area (Å²) in [7, 11) is 0. The molecule has 1 amide bonds. The quantitative estimate of drug-likeness (QED) is 0.340. The molecule has 1 N–H and O–H groups in total. The van der Waals surface area contributed by atoms with E-state index in [1.165, 1.54) is 16.7 Å². The molecule has 186 valence electrons. The van der Waals surface area contributed by atoms with E-state index in [0.717, 1.165) is 35.1 Å². The molecule has 0 aliphatic heterocycles. The monoisotopic (exact) mass is 496 g/mol. The molecule has 0 radical (unpaired) electrons. The molecule has 1 heterocycles. The molecule has 2 aromatic rings. The summed E-state index contributed by atoms with van der Waals surface area (Å²) < 4.78 is 44.0. The fourth-order valence-corrected chi connectivity index (χ4v) is 4.09. The predicted octanol–water partition coefficient (Wildman–Crippen LogP) is 7.89. The van der Waals surface area contributed by atoms with Crippen LogP contribution in [0.3, 0.4) is 0 Å². The van der Waals surface area contributed by atoms with Gasteiger partial charge in [-0.3, -0.25) is 4.57 Å². The molecular formula is C26H32ClF3N2O2. The number of carbonyl (C=O) groups excluding carboxylic acids is 1. The fraction of sp³-hybridized carbons (Fsp3) is 0.423. The average molecular weight is 497 g/mol. The molecule has 1 aromatic heterocycles. The molecule has 1 aromatic carbocycles. The van der Waals surface area contributed by atoms with Crippen LogP contribution in [0.2, 0.25) is 0 Å². The van der Waals surface area contributed by atoms with Crippen LogP contribution in [-0.2, 0) is 12.8 Å². The van der Waals surface area contributed by atoms with Gasteiger partial charge in [0.15, 0.2) is 0 Å². The Hall–Kier alpha value is -2.67. The van der Waals surface area contributed by atoms with Gasteiger partial charge in [0.25, 0.3) is 0 Å². The number of ether oxygens (including phenoxy) is 1. The number of nitrogens with one attached hydrogen (secondary N) is 1. The van der Waals surface area contributed by atoms with Crippen LogP contribution in [0.25, 0.3) is 10.9 Å². The maximum Gasteiger partial charge on any atom is 0.573 e. The molecule has 0 fully saturated rings. The van der Waals surface area contributed by atoms with Gasteiger partial charge >= 0.3 is 12.4 Å². The van der Waals surface area contributed by atoms with Crippen LogP contribution in [0, 0.1) is 5.92 Å². The van der Waals surface area contributed by atoms with Gasteiger partial charge in [-0.15, -0.1) is 13.2 Å². The lowest BCUT2D eigenvalue weighted by molar-refractivity contribution is -0.274. The second-order valence-electron chi connectivity index (χ2n) is 8.07. The highest BCUT2D eigenvalue weighted by Gasteiger charge is 2.31. The third kappa shape index (κ3) is 6.92. The molecule has 1 atom stereocenters. The Morgan fingerprint density at radius 1 is 1.29 bits per heavy atom. The number of hydrogen-bond donors (Lipinski definition) is 1. The van der Waals surface area contributed by atoms with Crippen LogP contribution < -0.4 is 10.1 Å². The van der Waals surface area contributed by atoms with E-state index in [-0.39, 0.29) is 18.2 Å². The standard InChI is InChI=1S/C26H32ClF3N2O2/c1-6-10-18(14-22(27)17(5)8-3)16-31-25(33)32-23(11-7-2)20(9-4)21-13-12-19(15-24(21)32)34-26(28,29)30/h6,10,12-15,17H,1,7-9,11,16H2,2-5H3,(H,31,33)/b18-10+,22-14+. The number of rotatable bonds is 10. The van der Waals surface area contributed by atoms with E-state index in [2.05, 4.69) is 16.6 Å². The Kier molecular flexibility index (Phi) is 9.86. The maximum atomic E-state index is 13.3. The van der Waals surface area contributed by atoms with Crippen LogP contribution in [0.15, 0.2) is 53.6 Å². The molecule has 1 unspecified atom stereocenters. The predicted molar refractivity (Wildman–Crippen MR) is 132 cm³/mol. The minimum atomic E-state index is -4.82. The molecule has 34 heavy (non-hydrogen) atoms. The first-order valence-electron chi connectivity index (χ1n) is 11.4. The van der Waals surface area contributed by atoms with E-state index in [9.17, 15) is 18.0 Å². The largest absolute Gasteiger partial charge is 0.573 e. The van der Waals surface area contributed by atoms with Crippen LogP contribution in [-0.4, -0.2) is 23.5 Å². The lowest BCUT2D eigenvalue weighted by Crippen LogP contribution is -2.31. The topological polar surface area (TPSA) is 43.3 Å². The Morgan fingerprint density at radius 2 is 2.00 bits per heavy atom. The molecule has 0 spiro atoms. The van der Waals surface area contributed by atoms with E-state index in [4.69, 9.17) is 11.6 Å². The second kappa shape index (κ2) is 12.2.